The Hall–Kier alpha value is -0.150. The zero-order chi connectivity index (χ0) is 14.3. The van der Waals surface area contributed by atoms with Gasteiger partial charge < -0.3 is 10.6 Å². The number of rotatable bonds is 9. The van der Waals surface area contributed by atoms with Crippen LogP contribution in [0.15, 0.2) is 0 Å². The number of hydrogen-bond acceptors (Lipinski definition) is 2. The van der Waals surface area contributed by atoms with E-state index in [2.05, 4.69) is 46.4 Å². The van der Waals surface area contributed by atoms with Gasteiger partial charge in [-0.2, -0.15) is 0 Å². The van der Waals surface area contributed by atoms with Crippen molar-refractivity contribution < 1.29 is 0 Å². The molecule has 0 rings (SSSR count). The fraction of sp³-hybridized carbons (Fsp3) is 0.933. The molecule has 0 aliphatic rings. The molecule has 0 fully saturated rings. The van der Waals surface area contributed by atoms with Crippen LogP contribution in [-0.4, -0.2) is 29.5 Å². The van der Waals surface area contributed by atoms with Gasteiger partial charge in [-0.3, -0.25) is 0 Å². The van der Waals surface area contributed by atoms with Gasteiger partial charge in [0, 0.05) is 18.5 Å². The van der Waals surface area contributed by atoms with Gasteiger partial charge in [-0.1, -0.05) is 53.8 Å². The lowest BCUT2D eigenvalue weighted by Gasteiger charge is -2.28. The Morgan fingerprint density at radius 1 is 1.11 bits per heavy atom. The predicted molar refractivity (Wildman–Crippen MR) is 85.9 cm³/mol. The molecule has 0 radical (unpaired) electrons. The van der Waals surface area contributed by atoms with Crippen LogP contribution < -0.4 is 5.73 Å². The molecule has 0 aromatic carbocycles. The summed E-state index contributed by atoms with van der Waals surface area (Å²) >= 11 is 5.11. The minimum Gasteiger partial charge on any atom is -0.393 e. The third kappa shape index (κ3) is 8.04. The van der Waals surface area contributed by atoms with Crippen molar-refractivity contribution in [3.63, 3.8) is 0 Å². The van der Waals surface area contributed by atoms with Gasteiger partial charge in [-0.15, -0.1) is 0 Å². The number of thiocarbonyl (C=S) groups is 1. The highest BCUT2D eigenvalue weighted by Crippen LogP contribution is 2.22. The second-order valence-corrected chi connectivity index (χ2v) is 7.34. The van der Waals surface area contributed by atoms with Crippen LogP contribution in [0.1, 0.15) is 54.4 Å². The maximum Gasteiger partial charge on any atom is 0.0784 e. The van der Waals surface area contributed by atoms with Crippen molar-refractivity contribution in [1.29, 1.82) is 0 Å². The average molecular weight is 273 g/mol. The monoisotopic (exact) mass is 272 g/mol. The first kappa shape index (κ1) is 17.8. The SMILES string of the molecule is CC(C)CN(CCCC(C)(C)C(N)=S)CC(C)C. The molecule has 0 spiro atoms. The first-order valence-electron chi connectivity index (χ1n) is 7.17. The number of nitrogens with two attached hydrogens (primary N) is 1. The fourth-order valence-corrected chi connectivity index (χ4v) is 2.26. The van der Waals surface area contributed by atoms with E-state index in [9.17, 15) is 0 Å². The Kier molecular flexibility index (Phi) is 8.04. The molecule has 2 N–H and O–H groups in total. The van der Waals surface area contributed by atoms with Gasteiger partial charge in [0.25, 0.3) is 0 Å². The van der Waals surface area contributed by atoms with E-state index >= 15 is 0 Å². The van der Waals surface area contributed by atoms with E-state index in [0.717, 1.165) is 24.8 Å². The van der Waals surface area contributed by atoms with E-state index in [1.807, 2.05) is 0 Å². The summed E-state index contributed by atoms with van der Waals surface area (Å²) in [6.45, 7) is 17.0. The second kappa shape index (κ2) is 8.11. The van der Waals surface area contributed by atoms with E-state index in [1.165, 1.54) is 19.5 Å². The standard InChI is InChI=1S/C15H32N2S/c1-12(2)10-17(11-13(3)4)9-7-8-15(5,6)14(16)18/h12-13H,7-11H2,1-6H3,(H2,16,18). The van der Waals surface area contributed by atoms with Crippen LogP contribution in [0.3, 0.4) is 0 Å². The quantitative estimate of drug-likeness (QED) is 0.649. The largest absolute Gasteiger partial charge is 0.393 e. The predicted octanol–water partition coefficient (Wildman–Crippen LogP) is 3.69. The molecular formula is C15H32N2S. The summed E-state index contributed by atoms with van der Waals surface area (Å²) in [5.41, 5.74) is 5.76. The zero-order valence-electron chi connectivity index (χ0n) is 13.1. The van der Waals surface area contributed by atoms with Gasteiger partial charge in [-0.05, 0) is 31.2 Å². The fourth-order valence-electron chi connectivity index (χ4n) is 2.16. The van der Waals surface area contributed by atoms with Gasteiger partial charge >= 0.3 is 0 Å². The molecule has 0 aliphatic heterocycles. The van der Waals surface area contributed by atoms with Crippen LogP contribution in [-0.2, 0) is 0 Å². The lowest BCUT2D eigenvalue weighted by molar-refractivity contribution is 0.210. The molecule has 0 unspecified atom stereocenters. The van der Waals surface area contributed by atoms with Crippen LogP contribution in [0, 0.1) is 17.3 Å². The van der Waals surface area contributed by atoms with Crippen molar-refractivity contribution in [3.8, 4) is 0 Å². The van der Waals surface area contributed by atoms with E-state index in [0.29, 0.717) is 4.99 Å². The highest BCUT2D eigenvalue weighted by molar-refractivity contribution is 7.80. The van der Waals surface area contributed by atoms with Crippen molar-refractivity contribution in [2.24, 2.45) is 23.0 Å². The topological polar surface area (TPSA) is 29.3 Å². The molecule has 0 saturated carbocycles. The third-order valence-corrected chi connectivity index (χ3v) is 3.74. The van der Waals surface area contributed by atoms with E-state index < -0.39 is 0 Å². The van der Waals surface area contributed by atoms with Gasteiger partial charge in [0.15, 0.2) is 0 Å². The Balaban J connectivity index is 4.14. The molecule has 0 heterocycles. The Labute approximate surface area is 119 Å². The van der Waals surface area contributed by atoms with E-state index in [4.69, 9.17) is 18.0 Å². The maximum absolute atomic E-state index is 5.77. The number of nitrogens with zero attached hydrogens (tertiary/aromatic N) is 1. The van der Waals surface area contributed by atoms with E-state index in [-0.39, 0.29) is 5.41 Å². The molecule has 0 aliphatic carbocycles. The molecule has 3 heteroatoms. The molecule has 108 valence electrons. The van der Waals surface area contributed by atoms with Crippen molar-refractivity contribution in [2.45, 2.75) is 54.4 Å². The van der Waals surface area contributed by atoms with Gasteiger partial charge in [0.2, 0.25) is 0 Å². The summed E-state index contributed by atoms with van der Waals surface area (Å²) in [5.74, 6) is 1.46. The molecule has 0 saturated heterocycles. The van der Waals surface area contributed by atoms with Crippen LogP contribution in [0.4, 0.5) is 0 Å². The molecule has 0 atom stereocenters. The summed E-state index contributed by atoms with van der Waals surface area (Å²) in [5, 5.41) is 0. The zero-order valence-corrected chi connectivity index (χ0v) is 13.9. The molecule has 0 aromatic heterocycles. The average Bonchev–Trinajstić information content (AvgIpc) is 2.14. The smallest absolute Gasteiger partial charge is 0.0784 e. The third-order valence-electron chi connectivity index (χ3n) is 3.19. The Morgan fingerprint density at radius 3 is 1.89 bits per heavy atom. The van der Waals surface area contributed by atoms with E-state index in [1.54, 1.807) is 0 Å². The van der Waals surface area contributed by atoms with Gasteiger partial charge in [0.05, 0.1) is 4.99 Å². The molecule has 0 bridgehead atoms. The minimum atomic E-state index is -0.00331. The summed E-state index contributed by atoms with van der Waals surface area (Å²) < 4.78 is 0. The van der Waals surface area contributed by atoms with Crippen molar-refractivity contribution >= 4 is 17.2 Å². The van der Waals surface area contributed by atoms with Crippen molar-refractivity contribution in [2.75, 3.05) is 19.6 Å². The van der Waals surface area contributed by atoms with Crippen LogP contribution in [0.25, 0.3) is 0 Å². The molecular weight excluding hydrogens is 240 g/mol. The van der Waals surface area contributed by atoms with Gasteiger partial charge in [0.1, 0.15) is 0 Å². The summed E-state index contributed by atoms with van der Waals surface area (Å²) in [6, 6.07) is 0. The summed E-state index contributed by atoms with van der Waals surface area (Å²) in [7, 11) is 0. The molecule has 0 aromatic rings. The summed E-state index contributed by atoms with van der Waals surface area (Å²) in [6.07, 6.45) is 2.25. The van der Waals surface area contributed by atoms with Crippen LogP contribution in [0.2, 0.25) is 0 Å². The van der Waals surface area contributed by atoms with Crippen LogP contribution in [0.5, 0.6) is 0 Å². The molecule has 18 heavy (non-hydrogen) atoms. The Morgan fingerprint density at radius 2 is 1.56 bits per heavy atom. The highest BCUT2D eigenvalue weighted by atomic mass is 32.1. The minimum absolute atomic E-state index is 0.00331. The highest BCUT2D eigenvalue weighted by Gasteiger charge is 2.21. The molecule has 0 amide bonds. The number of hydrogen-bond donors (Lipinski definition) is 1. The first-order chi connectivity index (χ1) is 8.15. The first-order valence-corrected chi connectivity index (χ1v) is 7.58. The second-order valence-electron chi connectivity index (χ2n) is 6.90. The maximum atomic E-state index is 5.77. The lowest BCUT2D eigenvalue weighted by Crippen LogP contribution is -2.34. The normalized spacial score (nSPS) is 12.7. The lowest BCUT2D eigenvalue weighted by atomic mass is 9.88. The molecule has 2 nitrogen and oxygen atoms in total. The Bertz CT molecular complexity index is 237. The van der Waals surface area contributed by atoms with Crippen LogP contribution >= 0.6 is 12.2 Å². The van der Waals surface area contributed by atoms with Crippen molar-refractivity contribution in [3.05, 3.63) is 0 Å². The van der Waals surface area contributed by atoms with Crippen molar-refractivity contribution in [1.82, 2.24) is 4.90 Å². The summed E-state index contributed by atoms with van der Waals surface area (Å²) in [4.78, 5) is 3.21. The van der Waals surface area contributed by atoms with Gasteiger partial charge in [-0.25, -0.2) is 0 Å².